The van der Waals surface area contributed by atoms with Gasteiger partial charge in [0.05, 0.1) is 16.8 Å². The summed E-state index contributed by atoms with van der Waals surface area (Å²) in [6.45, 7) is 0.549. The Morgan fingerprint density at radius 3 is 2.82 bits per heavy atom. The predicted octanol–water partition coefficient (Wildman–Crippen LogP) is 3.53. The predicted molar refractivity (Wildman–Crippen MR) is 73.6 cm³/mol. The van der Waals surface area contributed by atoms with E-state index in [2.05, 4.69) is 8.75 Å². The number of benzene rings is 1. The van der Waals surface area contributed by atoms with Crippen LogP contribution in [0, 0.1) is 0 Å². The van der Waals surface area contributed by atoms with Gasteiger partial charge in [-0.2, -0.15) is 8.75 Å². The molecule has 3 rings (SSSR count). The molecule has 2 aromatic heterocycles. The molecule has 0 amide bonds. The summed E-state index contributed by atoms with van der Waals surface area (Å²) in [5.74, 6) is 0. The zero-order valence-corrected chi connectivity index (χ0v) is 11.1. The molecule has 3 nitrogen and oxygen atoms in total. The SMILES string of the molecule is NCc1ccc(-c2c(Cl)ccc3nsnc23)s1. The zero-order chi connectivity index (χ0) is 11.8. The van der Waals surface area contributed by atoms with Crippen molar-refractivity contribution in [3.63, 3.8) is 0 Å². The lowest BCUT2D eigenvalue weighted by atomic mass is 10.1. The van der Waals surface area contributed by atoms with Crippen LogP contribution >= 0.6 is 34.7 Å². The fourth-order valence-electron chi connectivity index (χ4n) is 1.68. The van der Waals surface area contributed by atoms with E-state index in [-0.39, 0.29) is 0 Å². The molecule has 0 atom stereocenters. The Labute approximate surface area is 111 Å². The van der Waals surface area contributed by atoms with Crippen molar-refractivity contribution >= 4 is 45.7 Å². The van der Waals surface area contributed by atoms with E-state index in [1.54, 1.807) is 11.3 Å². The molecule has 0 aliphatic rings. The van der Waals surface area contributed by atoms with Crippen LogP contribution in [0.3, 0.4) is 0 Å². The van der Waals surface area contributed by atoms with Crippen molar-refractivity contribution in [1.82, 2.24) is 8.75 Å². The minimum Gasteiger partial charge on any atom is -0.326 e. The van der Waals surface area contributed by atoms with Gasteiger partial charge in [-0.3, -0.25) is 0 Å². The van der Waals surface area contributed by atoms with Gasteiger partial charge in [-0.25, -0.2) is 0 Å². The Morgan fingerprint density at radius 2 is 2.06 bits per heavy atom. The van der Waals surface area contributed by atoms with Gasteiger partial charge in [0, 0.05) is 21.9 Å². The van der Waals surface area contributed by atoms with E-state index in [0.717, 1.165) is 26.4 Å². The Balaban J connectivity index is 2.27. The third-order valence-electron chi connectivity index (χ3n) is 2.49. The van der Waals surface area contributed by atoms with Gasteiger partial charge in [-0.1, -0.05) is 11.6 Å². The Bertz CT molecular complexity index is 674. The molecule has 86 valence electrons. The van der Waals surface area contributed by atoms with Crippen molar-refractivity contribution in [3.05, 3.63) is 34.2 Å². The van der Waals surface area contributed by atoms with Gasteiger partial charge in [0.15, 0.2) is 0 Å². The molecular weight excluding hydrogens is 274 g/mol. The van der Waals surface area contributed by atoms with E-state index in [9.17, 15) is 0 Å². The van der Waals surface area contributed by atoms with Crippen LogP contribution in [0.4, 0.5) is 0 Å². The Kier molecular flexibility index (Phi) is 2.84. The topological polar surface area (TPSA) is 51.8 Å². The van der Waals surface area contributed by atoms with E-state index >= 15 is 0 Å². The second-order valence-corrected chi connectivity index (χ2v) is 5.63. The maximum Gasteiger partial charge on any atom is 0.114 e. The highest BCUT2D eigenvalue weighted by Crippen LogP contribution is 2.37. The van der Waals surface area contributed by atoms with Crippen LogP contribution in [0.5, 0.6) is 0 Å². The average molecular weight is 282 g/mol. The molecule has 2 heterocycles. The van der Waals surface area contributed by atoms with Crippen LogP contribution in [-0.4, -0.2) is 8.75 Å². The third kappa shape index (κ3) is 1.85. The maximum atomic E-state index is 6.26. The molecule has 3 aromatic rings. The molecule has 0 bridgehead atoms. The highest BCUT2D eigenvalue weighted by Gasteiger charge is 2.13. The molecule has 0 spiro atoms. The van der Waals surface area contributed by atoms with Gasteiger partial charge in [0.1, 0.15) is 11.0 Å². The lowest BCUT2D eigenvalue weighted by molar-refractivity contribution is 1.11. The van der Waals surface area contributed by atoms with Crippen LogP contribution in [0.1, 0.15) is 4.88 Å². The first-order valence-corrected chi connectivity index (χ1v) is 6.92. The van der Waals surface area contributed by atoms with Crippen LogP contribution in [-0.2, 0) is 6.54 Å². The minimum atomic E-state index is 0.549. The fourth-order valence-corrected chi connectivity index (χ4v) is 3.48. The maximum absolute atomic E-state index is 6.26. The van der Waals surface area contributed by atoms with E-state index in [1.807, 2.05) is 24.3 Å². The minimum absolute atomic E-state index is 0.549. The van der Waals surface area contributed by atoms with Crippen LogP contribution in [0.25, 0.3) is 21.5 Å². The Morgan fingerprint density at radius 1 is 1.18 bits per heavy atom. The molecule has 17 heavy (non-hydrogen) atoms. The summed E-state index contributed by atoms with van der Waals surface area (Å²) in [6.07, 6.45) is 0. The van der Waals surface area contributed by atoms with Crippen molar-refractivity contribution in [3.8, 4) is 10.4 Å². The van der Waals surface area contributed by atoms with Gasteiger partial charge < -0.3 is 5.73 Å². The largest absolute Gasteiger partial charge is 0.326 e. The lowest BCUT2D eigenvalue weighted by Crippen LogP contribution is -1.91. The molecule has 0 fully saturated rings. The van der Waals surface area contributed by atoms with Crippen molar-refractivity contribution in [1.29, 1.82) is 0 Å². The van der Waals surface area contributed by atoms with E-state index in [0.29, 0.717) is 11.6 Å². The second-order valence-electron chi connectivity index (χ2n) is 3.52. The smallest absolute Gasteiger partial charge is 0.114 e. The third-order valence-corrected chi connectivity index (χ3v) is 4.47. The number of halogens is 1. The molecule has 0 aliphatic carbocycles. The summed E-state index contributed by atoms with van der Waals surface area (Å²) in [6, 6.07) is 7.81. The van der Waals surface area contributed by atoms with Crippen molar-refractivity contribution in [2.45, 2.75) is 6.54 Å². The molecular formula is C11H8ClN3S2. The zero-order valence-electron chi connectivity index (χ0n) is 8.68. The van der Waals surface area contributed by atoms with Gasteiger partial charge in [-0.15, -0.1) is 11.3 Å². The lowest BCUT2D eigenvalue weighted by Gasteiger charge is -2.01. The molecule has 1 aromatic carbocycles. The van der Waals surface area contributed by atoms with Gasteiger partial charge >= 0.3 is 0 Å². The first-order valence-electron chi connectivity index (χ1n) is 4.99. The number of fused-ring (bicyclic) bond motifs is 1. The van der Waals surface area contributed by atoms with Crippen LogP contribution in [0.2, 0.25) is 5.02 Å². The quantitative estimate of drug-likeness (QED) is 0.782. The number of hydrogen-bond donors (Lipinski definition) is 1. The number of rotatable bonds is 2. The molecule has 0 saturated heterocycles. The van der Waals surface area contributed by atoms with Crippen molar-refractivity contribution in [2.24, 2.45) is 5.73 Å². The summed E-state index contributed by atoms with van der Waals surface area (Å²) in [7, 11) is 0. The monoisotopic (exact) mass is 281 g/mol. The summed E-state index contributed by atoms with van der Waals surface area (Å²) in [5, 5.41) is 0.704. The van der Waals surface area contributed by atoms with Crippen molar-refractivity contribution in [2.75, 3.05) is 0 Å². The molecule has 6 heteroatoms. The normalized spacial score (nSPS) is 11.2. The van der Waals surface area contributed by atoms with Crippen LogP contribution < -0.4 is 5.73 Å². The van der Waals surface area contributed by atoms with Crippen LogP contribution in [0.15, 0.2) is 24.3 Å². The number of aromatic nitrogens is 2. The molecule has 0 unspecified atom stereocenters. The number of hydrogen-bond acceptors (Lipinski definition) is 5. The highest BCUT2D eigenvalue weighted by molar-refractivity contribution is 7.15. The van der Waals surface area contributed by atoms with Crippen molar-refractivity contribution < 1.29 is 0 Å². The highest BCUT2D eigenvalue weighted by atomic mass is 35.5. The van der Waals surface area contributed by atoms with E-state index in [1.165, 1.54) is 11.7 Å². The summed E-state index contributed by atoms with van der Waals surface area (Å²) in [4.78, 5) is 2.23. The van der Waals surface area contributed by atoms with E-state index in [4.69, 9.17) is 17.3 Å². The summed E-state index contributed by atoms with van der Waals surface area (Å²) < 4.78 is 8.54. The first-order chi connectivity index (χ1) is 8.29. The molecule has 0 radical (unpaired) electrons. The number of nitrogens with two attached hydrogens (primary N) is 1. The molecule has 2 N–H and O–H groups in total. The first kappa shape index (κ1) is 11.1. The Hall–Kier alpha value is -1.01. The van der Waals surface area contributed by atoms with E-state index < -0.39 is 0 Å². The summed E-state index contributed by atoms with van der Waals surface area (Å²) >= 11 is 9.11. The summed E-state index contributed by atoms with van der Waals surface area (Å²) in [5.41, 5.74) is 8.34. The van der Waals surface area contributed by atoms with Gasteiger partial charge in [0.25, 0.3) is 0 Å². The number of nitrogens with zero attached hydrogens (tertiary/aromatic N) is 2. The number of thiophene rings is 1. The average Bonchev–Trinajstić information content (AvgIpc) is 2.96. The van der Waals surface area contributed by atoms with Gasteiger partial charge in [-0.05, 0) is 24.3 Å². The fraction of sp³-hybridized carbons (Fsp3) is 0.0909. The van der Waals surface area contributed by atoms with Gasteiger partial charge in [0.2, 0.25) is 0 Å². The standard InChI is InChI=1S/C11H8ClN3S2/c12-7-2-3-8-11(15-17-14-8)10(7)9-4-1-6(5-13)16-9/h1-4H,5,13H2. The second kappa shape index (κ2) is 4.34. The molecule has 0 aliphatic heterocycles. The molecule has 0 saturated carbocycles.